The molecule has 0 bridgehead atoms. The fraction of sp³-hybridized carbons (Fsp3) is 0.613. The number of fused-ring (bicyclic) bond motifs is 4. The maximum atomic E-state index is 7.37. The lowest BCUT2D eigenvalue weighted by Crippen LogP contribution is -2.65. The molecule has 6 rings (SSSR count). The summed E-state index contributed by atoms with van der Waals surface area (Å²) < 4.78 is 36.8. The lowest BCUT2D eigenvalue weighted by Gasteiger charge is -2.51. The highest BCUT2D eigenvalue weighted by Gasteiger charge is 2.60. The Morgan fingerprint density at radius 2 is 1.65 bits per heavy atom. The molecule has 43 heavy (non-hydrogen) atoms. The number of aromatic nitrogens is 2. The second kappa shape index (κ2) is 11.8. The summed E-state index contributed by atoms with van der Waals surface area (Å²) in [6.45, 7) is 18.9. The molecule has 0 aliphatic carbocycles. The minimum Gasteiger partial charge on any atom is -0.471 e. The molecular formula is C31H47N5O5Si2. The minimum atomic E-state index is -2.72. The Labute approximate surface area is 257 Å². The molecule has 1 aromatic carbocycles. The first kappa shape index (κ1) is 30.5. The van der Waals surface area contributed by atoms with Gasteiger partial charge in [-0.1, -0.05) is 85.7 Å². The van der Waals surface area contributed by atoms with Crippen LogP contribution in [0, 0.1) is 0 Å². The van der Waals surface area contributed by atoms with E-state index in [0.717, 1.165) is 11.4 Å². The van der Waals surface area contributed by atoms with Crippen LogP contribution in [0.25, 0.3) is 0 Å². The summed E-state index contributed by atoms with van der Waals surface area (Å²) in [5.41, 5.74) is 2.88. The van der Waals surface area contributed by atoms with E-state index in [0.29, 0.717) is 31.2 Å². The summed E-state index contributed by atoms with van der Waals surface area (Å²) in [7, 11) is -5.36. The minimum absolute atomic E-state index is 0.139. The third-order valence-electron chi connectivity index (χ3n) is 9.25. The van der Waals surface area contributed by atoms with Crippen LogP contribution in [0.5, 0.6) is 0 Å². The second-order valence-corrected chi connectivity index (χ2v) is 22.1. The van der Waals surface area contributed by atoms with Crippen molar-refractivity contribution in [2.24, 2.45) is 4.99 Å². The van der Waals surface area contributed by atoms with Crippen LogP contribution >= 0.6 is 0 Å². The molecule has 234 valence electrons. The lowest BCUT2D eigenvalue weighted by molar-refractivity contribution is -0.0550. The molecule has 0 radical (unpaired) electrons. The van der Waals surface area contributed by atoms with Gasteiger partial charge >= 0.3 is 17.1 Å². The lowest BCUT2D eigenvalue weighted by atomic mass is 10.2. The summed E-state index contributed by atoms with van der Waals surface area (Å²) in [5.74, 6) is 1.41. The average molecular weight is 626 g/mol. The van der Waals surface area contributed by atoms with Gasteiger partial charge in [-0.15, -0.1) is 0 Å². The molecule has 0 saturated carbocycles. The molecule has 2 fully saturated rings. The Bertz CT molecular complexity index is 1330. The van der Waals surface area contributed by atoms with Crippen molar-refractivity contribution < 1.29 is 22.4 Å². The molecule has 1 N–H and O–H groups in total. The first-order valence-electron chi connectivity index (χ1n) is 15.8. The standard InChI is InChI=1S/C31H47N5O5Si2/c1-20(2)42(21(3)4)38-18-26-25(40-43(41-42,22(5)6)23(7)8)16-27(39-26)36-19-33-28-29(37-17-24-12-10-9-11-13-24)34-31-32-14-15-35(31)30(28)36/h9-15,19-23,25-27,31-32H,16-18H2,1-8H3/t25-,26+,27+,31?/m0/s1. The van der Waals surface area contributed by atoms with Crippen LogP contribution in [0.1, 0.15) is 79.3 Å². The van der Waals surface area contributed by atoms with Gasteiger partial charge in [0.05, 0.1) is 19.0 Å². The number of anilines is 1. The first-order valence-corrected chi connectivity index (χ1v) is 19.7. The Balaban J connectivity index is 1.31. The van der Waals surface area contributed by atoms with Gasteiger partial charge < -0.3 is 27.8 Å². The molecule has 0 amide bonds. The van der Waals surface area contributed by atoms with E-state index in [1.54, 1.807) is 0 Å². The van der Waals surface area contributed by atoms with Gasteiger partial charge in [-0.3, -0.25) is 9.47 Å². The summed E-state index contributed by atoms with van der Waals surface area (Å²) in [6, 6.07) is 10.1. The Morgan fingerprint density at radius 3 is 2.33 bits per heavy atom. The van der Waals surface area contributed by atoms with Gasteiger partial charge in [0.25, 0.3) is 0 Å². The van der Waals surface area contributed by atoms with Gasteiger partial charge in [-0.2, -0.15) is 0 Å². The zero-order valence-electron chi connectivity index (χ0n) is 26.7. The number of nitrogens with one attached hydrogen (secondary N) is 1. The average Bonchev–Trinajstić information content (AvgIpc) is 3.70. The third-order valence-corrected chi connectivity index (χ3v) is 19.5. The molecule has 2 saturated heterocycles. The van der Waals surface area contributed by atoms with Crippen molar-refractivity contribution in [3.05, 3.63) is 60.3 Å². The van der Waals surface area contributed by atoms with Gasteiger partial charge in [-0.05, 0) is 27.7 Å². The number of rotatable bonds is 7. The van der Waals surface area contributed by atoms with E-state index < -0.39 is 17.1 Å². The van der Waals surface area contributed by atoms with E-state index >= 15 is 0 Å². The summed E-state index contributed by atoms with van der Waals surface area (Å²) in [6.07, 6.45) is 5.50. The number of nitrogens with zero attached hydrogens (tertiary/aromatic N) is 4. The topological polar surface area (TPSA) is 91.6 Å². The maximum Gasteiger partial charge on any atom is 0.335 e. The highest BCUT2D eigenvalue weighted by atomic mass is 28.5. The Morgan fingerprint density at radius 1 is 0.953 bits per heavy atom. The van der Waals surface area contributed by atoms with Crippen molar-refractivity contribution >= 4 is 28.8 Å². The number of aliphatic imine (C=N–C) groups is 1. The SMILES string of the molecule is CC(C)[Si]1(C(C)C)OC[C@H]2O[C@@H](n3cnc4c3N3C=CNC3N=C4OCc3ccccc3)C[C@@H]2O[Si](C(C)C)(C(C)C)O1. The van der Waals surface area contributed by atoms with E-state index in [-0.39, 0.29) is 46.9 Å². The third kappa shape index (κ3) is 5.29. The maximum absolute atomic E-state index is 7.37. The van der Waals surface area contributed by atoms with E-state index in [4.69, 9.17) is 32.4 Å². The van der Waals surface area contributed by atoms with E-state index in [1.165, 1.54) is 0 Å². The molecule has 10 nitrogen and oxygen atoms in total. The molecule has 1 unspecified atom stereocenters. The van der Waals surface area contributed by atoms with Crippen molar-refractivity contribution in [1.29, 1.82) is 0 Å². The largest absolute Gasteiger partial charge is 0.471 e. The normalized spacial score (nSPS) is 27.5. The summed E-state index contributed by atoms with van der Waals surface area (Å²) in [4.78, 5) is 11.7. The van der Waals surface area contributed by atoms with Gasteiger partial charge in [0.15, 0.2) is 11.5 Å². The van der Waals surface area contributed by atoms with Crippen molar-refractivity contribution in [3.63, 3.8) is 0 Å². The van der Waals surface area contributed by atoms with Crippen LogP contribution in [0.15, 0.2) is 54.1 Å². The fourth-order valence-corrected chi connectivity index (χ4v) is 18.2. The zero-order chi connectivity index (χ0) is 30.5. The van der Waals surface area contributed by atoms with Crippen LogP contribution in [0.2, 0.25) is 22.2 Å². The molecule has 1 aromatic heterocycles. The Kier molecular flexibility index (Phi) is 8.37. The van der Waals surface area contributed by atoms with Crippen molar-refractivity contribution in [1.82, 2.24) is 14.9 Å². The summed E-state index contributed by atoms with van der Waals surface area (Å²) >= 11 is 0. The van der Waals surface area contributed by atoms with E-state index in [2.05, 4.69) is 70.2 Å². The molecule has 4 atom stereocenters. The first-order chi connectivity index (χ1) is 20.6. The van der Waals surface area contributed by atoms with Gasteiger partial charge in [0.2, 0.25) is 12.2 Å². The molecule has 2 aromatic rings. The van der Waals surface area contributed by atoms with Gasteiger partial charge in [0, 0.05) is 18.8 Å². The number of hydrogen-bond donors (Lipinski definition) is 1. The van der Waals surface area contributed by atoms with Gasteiger partial charge in [-0.25, -0.2) is 9.98 Å². The van der Waals surface area contributed by atoms with Gasteiger partial charge in [0.1, 0.15) is 18.9 Å². The van der Waals surface area contributed by atoms with Crippen LogP contribution in [-0.2, 0) is 29.0 Å². The van der Waals surface area contributed by atoms with Crippen molar-refractivity contribution in [2.75, 3.05) is 11.5 Å². The second-order valence-electron chi connectivity index (χ2n) is 13.3. The smallest absolute Gasteiger partial charge is 0.335 e. The van der Waals surface area contributed by atoms with Crippen LogP contribution in [0.3, 0.4) is 0 Å². The van der Waals surface area contributed by atoms with E-state index in [1.807, 2.05) is 49.1 Å². The van der Waals surface area contributed by atoms with Crippen LogP contribution < -0.4 is 10.2 Å². The monoisotopic (exact) mass is 625 g/mol. The van der Waals surface area contributed by atoms with Crippen molar-refractivity contribution in [3.8, 4) is 0 Å². The highest BCUT2D eigenvalue weighted by Crippen LogP contribution is 2.49. The number of ether oxygens (including phenoxy) is 2. The molecule has 0 spiro atoms. The molecule has 12 heteroatoms. The van der Waals surface area contributed by atoms with Crippen LogP contribution in [-0.4, -0.2) is 57.7 Å². The number of benzene rings is 1. The predicted octanol–water partition coefficient (Wildman–Crippen LogP) is 6.27. The number of hydrogen-bond acceptors (Lipinski definition) is 9. The predicted molar refractivity (Wildman–Crippen MR) is 171 cm³/mol. The Hall–Kier alpha value is -2.49. The molecular weight excluding hydrogens is 579 g/mol. The molecule has 5 heterocycles. The molecule has 4 aliphatic rings. The van der Waals surface area contributed by atoms with Crippen LogP contribution in [0.4, 0.5) is 5.82 Å². The number of imidazole rings is 1. The summed E-state index contributed by atoms with van der Waals surface area (Å²) in [5, 5.41) is 3.31. The fourth-order valence-electron chi connectivity index (χ4n) is 6.94. The van der Waals surface area contributed by atoms with Crippen molar-refractivity contribution in [2.45, 2.75) is 115 Å². The quantitative estimate of drug-likeness (QED) is 0.360. The molecule has 4 aliphatic heterocycles. The highest BCUT2D eigenvalue weighted by molar-refractivity contribution is 6.84. The zero-order valence-corrected chi connectivity index (χ0v) is 28.7. The van der Waals surface area contributed by atoms with E-state index in [9.17, 15) is 0 Å².